The Labute approximate surface area is 246 Å². The Hall–Kier alpha value is -4.22. The van der Waals surface area contributed by atoms with Gasteiger partial charge in [-0.3, -0.25) is 18.7 Å². The van der Waals surface area contributed by atoms with Gasteiger partial charge in [0.1, 0.15) is 0 Å². The van der Waals surface area contributed by atoms with E-state index in [1.807, 2.05) is 42.5 Å². The van der Waals surface area contributed by atoms with Gasteiger partial charge in [0.15, 0.2) is 0 Å². The van der Waals surface area contributed by atoms with Crippen molar-refractivity contribution >= 4 is 58.2 Å². The molecule has 0 fully saturated rings. The van der Waals surface area contributed by atoms with Gasteiger partial charge in [-0.25, -0.2) is 9.97 Å². The molecule has 3 aromatic heterocycles. The van der Waals surface area contributed by atoms with E-state index < -0.39 is 12.1 Å². The Balaban J connectivity index is 1.71. The van der Waals surface area contributed by atoms with Crippen LogP contribution in [0.1, 0.15) is 72.3 Å². The van der Waals surface area contributed by atoms with Crippen molar-refractivity contribution in [2.75, 3.05) is 13.1 Å². The van der Waals surface area contributed by atoms with Crippen LogP contribution < -0.4 is 22.9 Å². The third kappa shape index (κ3) is 6.47. The SMILES string of the molecule is [2H]c1cc2cc3nc(cc4ccc(cc5nc(cc1n2C(=O)[C@@H](N)CCCCN)C=C5)n4C(=O)[C@@H](N)CCCCN)C=C3. The van der Waals surface area contributed by atoms with E-state index >= 15 is 0 Å². The van der Waals surface area contributed by atoms with E-state index in [-0.39, 0.29) is 17.9 Å². The number of hydrogen-bond acceptors (Lipinski definition) is 8. The molecule has 8 bridgehead atoms. The highest BCUT2D eigenvalue weighted by Gasteiger charge is 2.20. The molecule has 5 heterocycles. The molecule has 42 heavy (non-hydrogen) atoms. The van der Waals surface area contributed by atoms with E-state index in [0.717, 1.165) is 25.7 Å². The molecule has 2 aliphatic heterocycles. The van der Waals surface area contributed by atoms with E-state index in [9.17, 15) is 9.59 Å². The number of rotatable bonds is 10. The molecular formula is C32H38N8O2. The number of unbranched alkanes of at least 4 members (excludes halogenated alkanes) is 2. The molecule has 5 rings (SSSR count). The summed E-state index contributed by atoms with van der Waals surface area (Å²) in [6.45, 7) is 1.08. The number of nitrogens with zero attached hydrogens (tertiary/aromatic N) is 4. The summed E-state index contributed by atoms with van der Waals surface area (Å²) in [6.07, 6.45) is 11.4. The smallest absolute Gasteiger partial charge is 0.248 e. The molecule has 218 valence electrons. The predicted molar refractivity (Wildman–Crippen MR) is 169 cm³/mol. The summed E-state index contributed by atoms with van der Waals surface area (Å²) in [6, 6.07) is 11.2. The first-order valence-corrected chi connectivity index (χ1v) is 14.4. The summed E-state index contributed by atoms with van der Waals surface area (Å²) in [4.78, 5) is 36.7. The third-order valence-electron chi connectivity index (χ3n) is 7.36. The minimum absolute atomic E-state index is 0.164. The lowest BCUT2D eigenvalue weighted by Crippen LogP contribution is -2.34. The highest BCUT2D eigenvalue weighted by Crippen LogP contribution is 2.22. The molecule has 2 aliphatic rings. The van der Waals surface area contributed by atoms with Gasteiger partial charge in [-0.2, -0.15) is 0 Å². The van der Waals surface area contributed by atoms with Gasteiger partial charge in [-0.15, -0.1) is 0 Å². The van der Waals surface area contributed by atoms with Gasteiger partial charge in [0.25, 0.3) is 0 Å². The fourth-order valence-corrected chi connectivity index (χ4v) is 5.12. The quantitative estimate of drug-likeness (QED) is 0.184. The van der Waals surface area contributed by atoms with Crippen LogP contribution in [0.25, 0.3) is 46.4 Å². The largest absolute Gasteiger partial charge is 0.330 e. The van der Waals surface area contributed by atoms with Crippen LogP contribution in [0.5, 0.6) is 0 Å². The molecule has 0 saturated carbocycles. The molecule has 2 atom stereocenters. The zero-order chi connectivity index (χ0) is 30.5. The predicted octanol–water partition coefficient (Wildman–Crippen LogP) is 3.80. The van der Waals surface area contributed by atoms with Gasteiger partial charge >= 0.3 is 0 Å². The Morgan fingerprint density at radius 3 is 1.45 bits per heavy atom. The van der Waals surface area contributed by atoms with Crippen LogP contribution in [0.2, 0.25) is 0 Å². The molecule has 0 aliphatic carbocycles. The van der Waals surface area contributed by atoms with Gasteiger partial charge < -0.3 is 22.9 Å². The molecule has 10 heteroatoms. The molecule has 0 spiro atoms. The molecule has 10 nitrogen and oxygen atoms in total. The van der Waals surface area contributed by atoms with Crippen molar-refractivity contribution in [3.8, 4) is 0 Å². The minimum atomic E-state index is -0.754. The first-order valence-electron chi connectivity index (χ1n) is 14.9. The molecule has 0 saturated heterocycles. The van der Waals surface area contributed by atoms with Crippen molar-refractivity contribution in [2.24, 2.45) is 22.9 Å². The molecule has 3 aromatic rings. The van der Waals surface area contributed by atoms with E-state index in [4.69, 9.17) is 34.3 Å². The zero-order valence-corrected chi connectivity index (χ0v) is 23.6. The second-order valence-corrected chi connectivity index (χ2v) is 10.6. The highest BCUT2D eigenvalue weighted by atomic mass is 16.2. The standard InChI is InChI=1S/C32H38N8O2/c33-15-3-1-5-29(35)31(41)39-25-11-12-26(39)18-22-8-10-24(38-22)20-28-14-13-27(19-23-9-7-21(17-25)37-23)40(28)32(42)30(36)6-2-4-16-34/h7-14,17-20,29-30H,1-6,15-16,33-36H2/t29-,30-/m0/s1/i11D. The van der Waals surface area contributed by atoms with Crippen molar-refractivity contribution in [2.45, 2.75) is 50.6 Å². The van der Waals surface area contributed by atoms with Gasteiger partial charge in [0.2, 0.25) is 11.8 Å². The lowest BCUT2D eigenvalue weighted by atomic mass is 10.1. The Bertz CT molecular complexity index is 1750. The average molecular weight is 568 g/mol. The second-order valence-electron chi connectivity index (χ2n) is 10.6. The van der Waals surface area contributed by atoms with Crippen LogP contribution in [0, 0.1) is 0 Å². The van der Waals surface area contributed by atoms with Gasteiger partial charge in [-0.1, -0.05) is 12.8 Å². The summed E-state index contributed by atoms with van der Waals surface area (Å²) in [5.74, 6) is -0.530. The number of aromatic nitrogens is 4. The second kappa shape index (κ2) is 13.2. The minimum Gasteiger partial charge on any atom is -0.330 e. The Kier molecular flexibility index (Phi) is 8.76. The van der Waals surface area contributed by atoms with Gasteiger partial charge in [0.05, 0.1) is 58.3 Å². The van der Waals surface area contributed by atoms with Crippen molar-refractivity contribution in [1.29, 1.82) is 0 Å². The highest BCUT2D eigenvalue weighted by molar-refractivity contribution is 5.95. The molecule has 0 aromatic carbocycles. The summed E-state index contributed by atoms with van der Waals surface area (Å²) in [7, 11) is 0. The maximum Gasteiger partial charge on any atom is 0.248 e. The third-order valence-corrected chi connectivity index (χ3v) is 7.36. The molecule has 0 radical (unpaired) electrons. The van der Waals surface area contributed by atoms with Crippen molar-refractivity contribution in [3.63, 3.8) is 0 Å². The molecule has 0 amide bonds. The van der Waals surface area contributed by atoms with Crippen LogP contribution in [-0.4, -0.2) is 56.1 Å². The first-order chi connectivity index (χ1) is 20.8. The lowest BCUT2D eigenvalue weighted by Gasteiger charge is -2.13. The lowest BCUT2D eigenvalue weighted by molar-refractivity contribution is 0.0876. The number of fused-ring (bicyclic) bond motifs is 8. The van der Waals surface area contributed by atoms with Crippen molar-refractivity contribution in [3.05, 3.63) is 71.3 Å². The normalized spacial score (nSPS) is 14.1. The van der Waals surface area contributed by atoms with Crippen LogP contribution >= 0.6 is 0 Å². The van der Waals surface area contributed by atoms with Crippen molar-refractivity contribution in [1.82, 2.24) is 19.1 Å². The van der Waals surface area contributed by atoms with E-state index in [1.54, 1.807) is 28.8 Å². The average Bonchev–Trinajstić information content (AvgIpc) is 3.77. The van der Waals surface area contributed by atoms with Crippen molar-refractivity contribution < 1.29 is 11.0 Å². The fraction of sp³-hybridized carbons (Fsp3) is 0.312. The maximum absolute atomic E-state index is 13.6. The van der Waals surface area contributed by atoms with Gasteiger partial charge in [0, 0.05) is 0 Å². The van der Waals surface area contributed by atoms with Crippen LogP contribution in [0.4, 0.5) is 0 Å². The zero-order valence-electron chi connectivity index (χ0n) is 24.6. The fourth-order valence-electron chi connectivity index (χ4n) is 5.12. The van der Waals surface area contributed by atoms with E-state index in [2.05, 4.69) is 0 Å². The number of hydrogen-bond donors (Lipinski definition) is 4. The first kappa shape index (κ1) is 27.9. The Morgan fingerprint density at radius 2 is 1.02 bits per heavy atom. The number of carbonyl (C=O) groups is 2. The molecular weight excluding hydrogens is 528 g/mol. The molecule has 8 N–H and O–H groups in total. The summed E-state index contributed by atoms with van der Waals surface area (Å²) >= 11 is 0. The topological polar surface area (TPSA) is 174 Å². The number of carbonyl (C=O) groups excluding carboxylic acids is 2. The Morgan fingerprint density at radius 1 is 0.643 bits per heavy atom. The van der Waals surface area contributed by atoms with E-state index in [0.29, 0.717) is 70.8 Å². The van der Waals surface area contributed by atoms with Crippen LogP contribution in [0.3, 0.4) is 0 Å². The monoisotopic (exact) mass is 567 g/mol. The van der Waals surface area contributed by atoms with Crippen LogP contribution in [-0.2, 0) is 0 Å². The molecule has 0 unspecified atom stereocenters. The number of nitrogens with two attached hydrogens (primary N) is 4. The van der Waals surface area contributed by atoms with Crippen LogP contribution in [0.15, 0.2) is 48.5 Å². The summed E-state index contributed by atoms with van der Waals surface area (Å²) < 4.78 is 11.8. The summed E-state index contributed by atoms with van der Waals surface area (Å²) in [5, 5.41) is 0. The maximum atomic E-state index is 13.6. The van der Waals surface area contributed by atoms with Gasteiger partial charge in [-0.05, 0) is 112 Å². The summed E-state index contributed by atoms with van der Waals surface area (Å²) in [5.41, 5.74) is 28.5. The van der Waals surface area contributed by atoms with E-state index in [1.165, 1.54) is 4.57 Å².